The van der Waals surface area contributed by atoms with Gasteiger partial charge < -0.3 is 10.2 Å². The Morgan fingerprint density at radius 1 is 1.11 bits per heavy atom. The predicted octanol–water partition coefficient (Wildman–Crippen LogP) is 3.23. The zero-order chi connectivity index (χ0) is 19.6. The van der Waals surface area contributed by atoms with Crippen molar-refractivity contribution < 1.29 is 8.42 Å². The zero-order valence-corrected chi connectivity index (χ0v) is 16.9. The monoisotopic (exact) mass is 424 g/mol. The van der Waals surface area contributed by atoms with Crippen LogP contribution in [0.15, 0.2) is 41.3 Å². The third-order valence-electron chi connectivity index (χ3n) is 4.38. The summed E-state index contributed by atoms with van der Waals surface area (Å²) in [5.74, 6) is 0. The molecule has 1 fully saturated rings. The van der Waals surface area contributed by atoms with Crippen LogP contribution in [-0.2, 0) is 10.0 Å². The average molecular weight is 425 g/mol. The van der Waals surface area contributed by atoms with E-state index in [4.69, 9.17) is 23.2 Å². The van der Waals surface area contributed by atoms with Crippen LogP contribution in [0.25, 0.3) is 0 Å². The summed E-state index contributed by atoms with van der Waals surface area (Å²) in [5, 5.41) is 13.3. The molecule has 6 nitrogen and oxygen atoms in total. The third kappa shape index (κ3) is 4.21. The second-order valence-electron chi connectivity index (χ2n) is 6.14. The van der Waals surface area contributed by atoms with Gasteiger partial charge in [0.1, 0.15) is 4.90 Å². The molecule has 142 valence electrons. The molecular weight excluding hydrogens is 407 g/mol. The van der Waals surface area contributed by atoms with E-state index in [1.807, 2.05) is 6.07 Å². The molecular formula is C18H18Cl2N4O2S. The fourth-order valence-corrected chi connectivity index (χ4v) is 5.16. The maximum atomic E-state index is 13.3. The number of rotatable bonds is 4. The van der Waals surface area contributed by atoms with Gasteiger partial charge >= 0.3 is 0 Å². The molecule has 1 aliphatic heterocycles. The zero-order valence-electron chi connectivity index (χ0n) is 14.6. The van der Waals surface area contributed by atoms with Crippen molar-refractivity contribution in [3.8, 4) is 6.07 Å². The average Bonchev–Trinajstić information content (AvgIpc) is 2.67. The van der Waals surface area contributed by atoms with Crippen LogP contribution >= 0.6 is 23.2 Å². The fraction of sp³-hybridized carbons (Fsp3) is 0.278. The summed E-state index contributed by atoms with van der Waals surface area (Å²) in [4.78, 5) is 1.79. The largest absolute Gasteiger partial charge is 0.343 e. The lowest BCUT2D eigenvalue weighted by Gasteiger charge is -2.29. The van der Waals surface area contributed by atoms with E-state index in [2.05, 4.69) is 5.32 Å². The van der Waals surface area contributed by atoms with Crippen molar-refractivity contribution in [2.24, 2.45) is 0 Å². The van der Waals surface area contributed by atoms with Crippen LogP contribution in [0.2, 0.25) is 10.0 Å². The van der Waals surface area contributed by atoms with Crippen molar-refractivity contribution in [2.75, 3.05) is 38.1 Å². The first kappa shape index (κ1) is 19.9. The van der Waals surface area contributed by atoms with E-state index in [9.17, 15) is 13.7 Å². The van der Waals surface area contributed by atoms with Crippen LogP contribution in [0.3, 0.4) is 0 Å². The molecule has 1 saturated heterocycles. The molecule has 0 atom stereocenters. The first-order valence-corrected chi connectivity index (χ1v) is 10.5. The van der Waals surface area contributed by atoms with Gasteiger partial charge in [0.25, 0.3) is 0 Å². The molecule has 0 unspecified atom stereocenters. The Bertz CT molecular complexity index is 979. The van der Waals surface area contributed by atoms with Crippen LogP contribution < -0.4 is 10.2 Å². The summed E-state index contributed by atoms with van der Waals surface area (Å²) < 4.78 is 27.9. The van der Waals surface area contributed by atoms with E-state index in [0.717, 1.165) is 0 Å². The van der Waals surface area contributed by atoms with E-state index >= 15 is 0 Å². The summed E-state index contributed by atoms with van der Waals surface area (Å²) in [6.45, 7) is 1.94. The highest BCUT2D eigenvalue weighted by Crippen LogP contribution is 2.35. The molecule has 1 N–H and O–H groups in total. The number of anilines is 2. The quantitative estimate of drug-likeness (QED) is 0.814. The Morgan fingerprint density at radius 3 is 2.33 bits per heavy atom. The minimum atomic E-state index is -3.76. The van der Waals surface area contributed by atoms with Gasteiger partial charge in [0.2, 0.25) is 10.0 Å². The number of sulfonamides is 1. The Balaban J connectivity index is 2.12. The van der Waals surface area contributed by atoms with Gasteiger partial charge in [-0.25, -0.2) is 8.42 Å². The lowest BCUT2D eigenvalue weighted by molar-refractivity contribution is 0.360. The van der Waals surface area contributed by atoms with Gasteiger partial charge in [-0.05, 0) is 36.4 Å². The molecule has 9 heteroatoms. The summed E-state index contributed by atoms with van der Waals surface area (Å²) >= 11 is 12.2. The molecule has 2 aromatic carbocycles. The first-order valence-electron chi connectivity index (χ1n) is 8.28. The van der Waals surface area contributed by atoms with Gasteiger partial charge in [-0.2, -0.15) is 9.57 Å². The van der Waals surface area contributed by atoms with E-state index in [0.29, 0.717) is 47.6 Å². The third-order valence-corrected chi connectivity index (χ3v) is 6.74. The summed E-state index contributed by atoms with van der Waals surface area (Å²) in [6, 6.07) is 11.7. The summed E-state index contributed by atoms with van der Waals surface area (Å²) in [7, 11) is -2.03. The van der Waals surface area contributed by atoms with E-state index in [-0.39, 0.29) is 10.5 Å². The van der Waals surface area contributed by atoms with Gasteiger partial charge in [0, 0.05) is 49.0 Å². The Labute approximate surface area is 169 Å². The van der Waals surface area contributed by atoms with Gasteiger partial charge in [0.15, 0.2) is 0 Å². The number of hydrogen-bond acceptors (Lipinski definition) is 5. The van der Waals surface area contributed by atoms with Gasteiger partial charge in [-0.3, -0.25) is 0 Å². The topological polar surface area (TPSA) is 76.4 Å². The second kappa shape index (κ2) is 8.05. The first-order chi connectivity index (χ1) is 12.8. The Morgan fingerprint density at radius 2 is 1.74 bits per heavy atom. The lowest BCUT2D eigenvalue weighted by Crippen LogP contribution is -2.46. The van der Waals surface area contributed by atoms with Crippen molar-refractivity contribution in [2.45, 2.75) is 4.90 Å². The second-order valence-corrected chi connectivity index (χ2v) is 8.91. The molecule has 0 aromatic heterocycles. The van der Waals surface area contributed by atoms with Crippen LogP contribution in [0.4, 0.5) is 11.4 Å². The minimum absolute atomic E-state index is 0.0852. The molecule has 0 saturated carbocycles. The highest BCUT2D eigenvalue weighted by atomic mass is 35.5. The van der Waals surface area contributed by atoms with Crippen LogP contribution in [0.5, 0.6) is 0 Å². The normalized spacial score (nSPS) is 15.3. The minimum Gasteiger partial charge on any atom is -0.343 e. The highest BCUT2D eigenvalue weighted by molar-refractivity contribution is 7.89. The molecule has 3 rings (SSSR count). The van der Waals surface area contributed by atoms with Crippen LogP contribution in [0, 0.1) is 11.3 Å². The number of benzene rings is 2. The van der Waals surface area contributed by atoms with Gasteiger partial charge in [0.05, 0.1) is 17.3 Å². The number of piperazine rings is 1. The van der Waals surface area contributed by atoms with E-state index < -0.39 is 10.0 Å². The maximum Gasteiger partial charge on any atom is 0.245 e. The molecule has 1 aliphatic rings. The predicted molar refractivity (Wildman–Crippen MR) is 107 cm³/mol. The van der Waals surface area contributed by atoms with E-state index in [1.54, 1.807) is 42.3 Å². The molecule has 2 aromatic rings. The maximum absolute atomic E-state index is 13.3. The molecule has 0 bridgehead atoms. The smallest absolute Gasteiger partial charge is 0.245 e. The molecule has 1 heterocycles. The van der Waals surface area contributed by atoms with Crippen LogP contribution in [-0.4, -0.2) is 45.9 Å². The van der Waals surface area contributed by atoms with Crippen molar-refractivity contribution in [3.05, 3.63) is 52.0 Å². The summed E-state index contributed by atoms with van der Waals surface area (Å²) in [6.07, 6.45) is 0. The molecule has 0 radical (unpaired) electrons. The number of nitriles is 1. The molecule has 0 aliphatic carbocycles. The molecule has 27 heavy (non-hydrogen) atoms. The number of halogens is 2. The van der Waals surface area contributed by atoms with Crippen LogP contribution in [0.1, 0.15) is 5.56 Å². The van der Waals surface area contributed by atoms with Crippen molar-refractivity contribution in [1.82, 2.24) is 9.62 Å². The number of nitrogens with one attached hydrogen (secondary N) is 1. The van der Waals surface area contributed by atoms with Crippen molar-refractivity contribution >= 4 is 44.6 Å². The molecule has 0 spiro atoms. The number of hydrogen-bond donors (Lipinski definition) is 1. The van der Waals surface area contributed by atoms with Gasteiger partial charge in [-0.15, -0.1) is 0 Å². The van der Waals surface area contributed by atoms with Crippen molar-refractivity contribution in [3.63, 3.8) is 0 Å². The Kier molecular flexibility index (Phi) is 5.94. The van der Waals surface area contributed by atoms with E-state index in [1.165, 1.54) is 10.4 Å². The number of nitrogens with zero attached hydrogens (tertiary/aromatic N) is 3. The van der Waals surface area contributed by atoms with Gasteiger partial charge in [-0.1, -0.05) is 23.2 Å². The standard InChI is InChI=1S/C18H18Cl2N4O2S/c1-23(16-10-14(19)9-15(20)11-16)17-3-2-13(12-21)8-18(17)27(25,26)24-6-4-22-5-7-24/h2-3,8-11,22H,4-7H2,1H3. The highest BCUT2D eigenvalue weighted by Gasteiger charge is 2.30. The van der Waals surface area contributed by atoms with Crippen molar-refractivity contribution in [1.29, 1.82) is 5.26 Å². The lowest BCUT2D eigenvalue weighted by atomic mass is 10.2. The molecule has 0 amide bonds. The Hall–Kier alpha value is -1.82. The summed E-state index contributed by atoms with van der Waals surface area (Å²) in [5.41, 5.74) is 1.38. The SMILES string of the molecule is CN(c1cc(Cl)cc(Cl)c1)c1ccc(C#N)cc1S(=O)(=O)N1CCNCC1. The fourth-order valence-electron chi connectivity index (χ4n) is 2.96.